The lowest BCUT2D eigenvalue weighted by atomic mass is 9.82. The standard InChI is InChI=1S/C26H32N2O4S/c1-4-30-25(29)26(3)12-7-13-28(18-26)17-20-8-5-9-21(16-20)31-14-11-22-19(2)32-24(27-22)23-10-6-15-33-23/h5-6,8-10,15-16H,4,7,11-14,17-18H2,1-3H3. The first-order valence-corrected chi connectivity index (χ1v) is 12.5. The molecule has 0 saturated carbocycles. The molecule has 1 aliphatic heterocycles. The van der Waals surface area contributed by atoms with Crippen LogP contribution in [0.15, 0.2) is 46.2 Å². The third-order valence-electron chi connectivity index (χ3n) is 6.08. The van der Waals surface area contributed by atoms with Crippen LogP contribution in [0.4, 0.5) is 0 Å². The van der Waals surface area contributed by atoms with Gasteiger partial charge in [0.2, 0.25) is 5.89 Å². The van der Waals surface area contributed by atoms with E-state index in [2.05, 4.69) is 22.0 Å². The van der Waals surface area contributed by atoms with Gasteiger partial charge in [0.25, 0.3) is 0 Å². The number of esters is 1. The number of carbonyl (C=O) groups excluding carboxylic acids is 1. The average molecular weight is 469 g/mol. The number of aromatic nitrogens is 1. The molecule has 1 aromatic carbocycles. The Morgan fingerprint density at radius 2 is 2.18 bits per heavy atom. The lowest BCUT2D eigenvalue weighted by Gasteiger charge is -2.38. The van der Waals surface area contributed by atoms with E-state index >= 15 is 0 Å². The molecule has 1 aliphatic rings. The second-order valence-corrected chi connectivity index (χ2v) is 9.79. The van der Waals surface area contributed by atoms with Crippen LogP contribution in [0.25, 0.3) is 10.8 Å². The molecule has 1 saturated heterocycles. The van der Waals surface area contributed by atoms with E-state index in [0.717, 1.165) is 54.6 Å². The Labute approximate surface area is 199 Å². The molecule has 0 spiro atoms. The highest BCUT2D eigenvalue weighted by Crippen LogP contribution is 2.32. The Bertz CT molecular complexity index is 1060. The van der Waals surface area contributed by atoms with Crippen molar-refractivity contribution in [3.63, 3.8) is 0 Å². The predicted octanol–water partition coefficient (Wildman–Crippen LogP) is 5.50. The van der Waals surface area contributed by atoms with Crippen molar-refractivity contribution < 1.29 is 18.7 Å². The van der Waals surface area contributed by atoms with Crippen molar-refractivity contribution in [2.24, 2.45) is 5.41 Å². The lowest BCUT2D eigenvalue weighted by Crippen LogP contribution is -2.46. The van der Waals surface area contributed by atoms with Crippen LogP contribution >= 0.6 is 11.3 Å². The average Bonchev–Trinajstić information content (AvgIpc) is 3.45. The zero-order chi connectivity index (χ0) is 23.3. The van der Waals surface area contributed by atoms with Crippen LogP contribution in [0.1, 0.15) is 43.7 Å². The summed E-state index contributed by atoms with van der Waals surface area (Å²) in [4.78, 5) is 20.4. The number of piperidine rings is 1. The van der Waals surface area contributed by atoms with E-state index in [-0.39, 0.29) is 5.97 Å². The van der Waals surface area contributed by atoms with Crippen molar-refractivity contribution in [1.29, 1.82) is 0 Å². The molecule has 3 aromatic rings. The van der Waals surface area contributed by atoms with Crippen molar-refractivity contribution in [3.05, 3.63) is 58.8 Å². The molecule has 6 nitrogen and oxygen atoms in total. The van der Waals surface area contributed by atoms with Crippen LogP contribution in [0, 0.1) is 12.3 Å². The molecule has 0 aliphatic carbocycles. The van der Waals surface area contributed by atoms with Crippen LogP contribution in [-0.4, -0.2) is 42.2 Å². The number of oxazole rings is 1. The molecule has 33 heavy (non-hydrogen) atoms. The number of aryl methyl sites for hydroxylation is 1. The Kier molecular flexibility index (Phi) is 7.50. The summed E-state index contributed by atoms with van der Waals surface area (Å²) in [5.41, 5.74) is 1.68. The summed E-state index contributed by atoms with van der Waals surface area (Å²) in [7, 11) is 0. The first-order valence-electron chi connectivity index (χ1n) is 11.6. The third kappa shape index (κ3) is 5.84. The summed E-state index contributed by atoms with van der Waals surface area (Å²) in [5.74, 6) is 2.27. The Balaban J connectivity index is 1.32. The Morgan fingerprint density at radius 1 is 1.30 bits per heavy atom. The SMILES string of the molecule is CCOC(=O)C1(C)CCCN(Cc2cccc(OCCc3nc(-c4cccs4)oc3C)c2)C1. The smallest absolute Gasteiger partial charge is 0.313 e. The first-order chi connectivity index (χ1) is 16.0. The van der Waals surface area contributed by atoms with Crippen molar-refractivity contribution in [2.45, 2.75) is 46.6 Å². The second-order valence-electron chi connectivity index (χ2n) is 8.84. The van der Waals surface area contributed by atoms with E-state index in [4.69, 9.17) is 13.9 Å². The number of likely N-dealkylation sites (tertiary alicyclic amines) is 1. The van der Waals surface area contributed by atoms with Crippen molar-refractivity contribution in [3.8, 4) is 16.5 Å². The molecule has 3 heterocycles. The van der Waals surface area contributed by atoms with Crippen LogP contribution in [0.3, 0.4) is 0 Å². The van der Waals surface area contributed by atoms with Crippen molar-refractivity contribution >= 4 is 17.3 Å². The van der Waals surface area contributed by atoms with E-state index in [0.29, 0.717) is 25.5 Å². The molecule has 1 atom stereocenters. The van der Waals surface area contributed by atoms with Crippen LogP contribution < -0.4 is 4.74 Å². The van der Waals surface area contributed by atoms with Crippen LogP contribution in [0.5, 0.6) is 5.75 Å². The molecule has 0 radical (unpaired) electrons. The third-order valence-corrected chi connectivity index (χ3v) is 6.94. The van der Waals surface area contributed by atoms with Gasteiger partial charge in [-0.2, -0.15) is 0 Å². The number of rotatable bonds is 9. The van der Waals surface area contributed by atoms with E-state index in [9.17, 15) is 4.79 Å². The minimum Gasteiger partial charge on any atom is -0.493 e. The first kappa shape index (κ1) is 23.5. The lowest BCUT2D eigenvalue weighted by molar-refractivity contribution is -0.157. The highest BCUT2D eigenvalue weighted by atomic mass is 32.1. The van der Waals surface area contributed by atoms with Gasteiger partial charge in [-0.05, 0) is 69.3 Å². The maximum atomic E-state index is 12.4. The van der Waals surface area contributed by atoms with E-state index in [1.165, 1.54) is 5.56 Å². The minimum absolute atomic E-state index is 0.0860. The number of carbonyl (C=O) groups is 1. The monoisotopic (exact) mass is 468 g/mol. The van der Waals surface area contributed by atoms with Gasteiger partial charge in [-0.25, -0.2) is 4.98 Å². The normalized spacial score (nSPS) is 18.9. The molecule has 7 heteroatoms. The van der Waals surface area contributed by atoms with Crippen LogP contribution in [-0.2, 0) is 22.5 Å². The fourth-order valence-electron chi connectivity index (χ4n) is 4.37. The quantitative estimate of drug-likeness (QED) is 0.387. The fourth-order valence-corrected chi connectivity index (χ4v) is 5.02. The maximum Gasteiger partial charge on any atom is 0.313 e. The second kappa shape index (κ2) is 10.5. The number of benzene rings is 1. The summed E-state index contributed by atoms with van der Waals surface area (Å²) in [6.07, 6.45) is 2.56. The van der Waals surface area contributed by atoms with Gasteiger partial charge in [-0.1, -0.05) is 18.2 Å². The highest BCUT2D eigenvalue weighted by Gasteiger charge is 2.39. The number of hydrogen-bond acceptors (Lipinski definition) is 7. The molecule has 4 rings (SSSR count). The zero-order valence-corrected chi connectivity index (χ0v) is 20.5. The number of nitrogens with zero attached hydrogens (tertiary/aromatic N) is 2. The summed E-state index contributed by atoms with van der Waals surface area (Å²) < 4.78 is 17.2. The van der Waals surface area contributed by atoms with E-state index in [1.807, 2.05) is 50.4 Å². The zero-order valence-electron chi connectivity index (χ0n) is 19.6. The number of ether oxygens (including phenoxy) is 2. The molecule has 0 amide bonds. The van der Waals surface area contributed by atoms with E-state index in [1.54, 1.807) is 11.3 Å². The molecule has 0 bridgehead atoms. The Morgan fingerprint density at radius 3 is 2.97 bits per heavy atom. The van der Waals surface area contributed by atoms with Gasteiger partial charge in [0, 0.05) is 19.5 Å². The molecule has 0 N–H and O–H groups in total. The topological polar surface area (TPSA) is 64.8 Å². The number of thiophene rings is 1. The number of hydrogen-bond donors (Lipinski definition) is 0. The fraction of sp³-hybridized carbons (Fsp3) is 0.462. The predicted molar refractivity (Wildman–Crippen MR) is 129 cm³/mol. The van der Waals surface area contributed by atoms with Gasteiger partial charge in [-0.3, -0.25) is 9.69 Å². The van der Waals surface area contributed by atoms with Crippen molar-refractivity contribution in [2.75, 3.05) is 26.3 Å². The maximum absolute atomic E-state index is 12.4. The van der Waals surface area contributed by atoms with Gasteiger partial charge < -0.3 is 13.9 Å². The molecule has 2 aromatic heterocycles. The summed E-state index contributed by atoms with van der Waals surface area (Å²) in [6, 6.07) is 12.2. The van der Waals surface area contributed by atoms with Gasteiger partial charge >= 0.3 is 5.97 Å². The molecule has 1 unspecified atom stereocenters. The Hall–Kier alpha value is -2.64. The largest absolute Gasteiger partial charge is 0.493 e. The van der Waals surface area contributed by atoms with Gasteiger partial charge in [0.15, 0.2) is 0 Å². The van der Waals surface area contributed by atoms with Crippen molar-refractivity contribution in [1.82, 2.24) is 9.88 Å². The molecular weight excluding hydrogens is 436 g/mol. The van der Waals surface area contributed by atoms with E-state index < -0.39 is 5.41 Å². The summed E-state index contributed by atoms with van der Waals surface area (Å²) >= 11 is 1.62. The highest BCUT2D eigenvalue weighted by molar-refractivity contribution is 7.13. The van der Waals surface area contributed by atoms with Gasteiger partial charge in [0.05, 0.1) is 29.2 Å². The minimum atomic E-state index is -0.431. The molecule has 1 fully saturated rings. The van der Waals surface area contributed by atoms with Gasteiger partial charge in [-0.15, -0.1) is 11.3 Å². The van der Waals surface area contributed by atoms with Crippen LogP contribution in [0.2, 0.25) is 0 Å². The summed E-state index contributed by atoms with van der Waals surface area (Å²) in [5, 5.41) is 2.02. The molecular formula is C26H32N2O4S. The molecule has 176 valence electrons. The van der Waals surface area contributed by atoms with Gasteiger partial charge in [0.1, 0.15) is 11.5 Å². The summed E-state index contributed by atoms with van der Waals surface area (Å²) in [6.45, 7) is 9.28.